The molecule has 2 N–H and O–H groups in total. The van der Waals surface area contributed by atoms with Crippen LogP contribution in [0.15, 0.2) is 24.3 Å². The zero-order valence-corrected chi connectivity index (χ0v) is 9.30. The van der Waals surface area contributed by atoms with Gasteiger partial charge in [0.15, 0.2) is 0 Å². The molecule has 0 aliphatic carbocycles. The third-order valence-corrected chi connectivity index (χ3v) is 3.41. The topological polar surface area (TPSA) is 66.9 Å². The third-order valence-electron chi connectivity index (χ3n) is 2.03. The number of nitrogens with two attached hydrogens (primary N) is 1. The standard InChI is InChI=1S/C11H14N2OS/c12-6-3-7-15(14)9-11-5-2-1-4-10(11)8-13/h1-2,4-5H,3,6-7,9,12H2. The Morgan fingerprint density at radius 2 is 2.13 bits per heavy atom. The molecule has 0 aliphatic heterocycles. The van der Waals surface area contributed by atoms with Crippen molar-refractivity contribution in [3.63, 3.8) is 0 Å². The molecule has 0 saturated carbocycles. The molecule has 0 heterocycles. The minimum Gasteiger partial charge on any atom is -0.330 e. The molecule has 4 heteroatoms. The number of benzene rings is 1. The molecule has 1 unspecified atom stereocenters. The van der Waals surface area contributed by atoms with Crippen molar-refractivity contribution < 1.29 is 4.21 Å². The molecule has 1 atom stereocenters. The van der Waals surface area contributed by atoms with Gasteiger partial charge in [0.05, 0.1) is 11.6 Å². The van der Waals surface area contributed by atoms with Gasteiger partial charge in [-0.1, -0.05) is 18.2 Å². The number of hydrogen-bond donors (Lipinski definition) is 1. The minimum atomic E-state index is -0.914. The third kappa shape index (κ3) is 3.82. The van der Waals surface area contributed by atoms with Gasteiger partial charge in [-0.15, -0.1) is 0 Å². The van der Waals surface area contributed by atoms with Crippen LogP contribution < -0.4 is 5.73 Å². The van der Waals surface area contributed by atoms with Crippen LogP contribution in [0.25, 0.3) is 0 Å². The monoisotopic (exact) mass is 222 g/mol. The van der Waals surface area contributed by atoms with Gasteiger partial charge in [-0.05, 0) is 24.6 Å². The normalized spacial score (nSPS) is 12.0. The molecule has 0 amide bonds. The van der Waals surface area contributed by atoms with Crippen LogP contribution >= 0.6 is 0 Å². The molecule has 0 radical (unpaired) electrons. The molecule has 80 valence electrons. The fourth-order valence-corrected chi connectivity index (χ4v) is 2.48. The maximum atomic E-state index is 11.6. The lowest BCUT2D eigenvalue weighted by Gasteiger charge is -2.03. The fraction of sp³-hybridized carbons (Fsp3) is 0.364. The lowest BCUT2D eigenvalue weighted by Crippen LogP contribution is -2.08. The predicted molar refractivity (Wildman–Crippen MR) is 61.5 cm³/mol. The molecule has 0 bridgehead atoms. The second-order valence-electron chi connectivity index (χ2n) is 3.20. The van der Waals surface area contributed by atoms with Crippen molar-refractivity contribution in [2.24, 2.45) is 5.73 Å². The Labute approximate surface area is 92.4 Å². The van der Waals surface area contributed by atoms with Crippen molar-refractivity contribution in [2.75, 3.05) is 12.3 Å². The second-order valence-corrected chi connectivity index (χ2v) is 4.78. The van der Waals surface area contributed by atoms with Crippen molar-refractivity contribution in [2.45, 2.75) is 12.2 Å². The maximum Gasteiger partial charge on any atom is 0.0994 e. The molecule has 0 aliphatic rings. The number of nitrogens with zero attached hydrogens (tertiary/aromatic N) is 1. The summed E-state index contributed by atoms with van der Waals surface area (Å²) < 4.78 is 11.6. The van der Waals surface area contributed by atoms with Crippen LogP contribution in [0.2, 0.25) is 0 Å². The summed E-state index contributed by atoms with van der Waals surface area (Å²) in [7, 11) is -0.914. The van der Waals surface area contributed by atoms with Gasteiger partial charge in [0, 0.05) is 22.3 Å². The smallest absolute Gasteiger partial charge is 0.0994 e. The van der Waals surface area contributed by atoms with E-state index in [1.165, 1.54) is 0 Å². The maximum absolute atomic E-state index is 11.6. The van der Waals surface area contributed by atoms with Gasteiger partial charge in [-0.3, -0.25) is 4.21 Å². The predicted octanol–water partition coefficient (Wildman–Crippen LogP) is 1.16. The molecular formula is C11H14N2OS. The lowest BCUT2D eigenvalue weighted by atomic mass is 10.1. The molecule has 1 aromatic carbocycles. The van der Waals surface area contributed by atoms with E-state index in [0.29, 0.717) is 23.6 Å². The molecular weight excluding hydrogens is 208 g/mol. The highest BCUT2D eigenvalue weighted by Gasteiger charge is 2.05. The quantitative estimate of drug-likeness (QED) is 0.812. The Morgan fingerprint density at radius 1 is 1.40 bits per heavy atom. The summed E-state index contributed by atoms with van der Waals surface area (Å²) in [6, 6.07) is 9.36. The molecule has 0 fully saturated rings. The van der Waals surface area contributed by atoms with E-state index >= 15 is 0 Å². The Bertz CT molecular complexity index is 384. The highest BCUT2D eigenvalue weighted by Crippen LogP contribution is 2.10. The number of hydrogen-bond acceptors (Lipinski definition) is 3. The van der Waals surface area contributed by atoms with Crippen molar-refractivity contribution in [1.29, 1.82) is 5.26 Å². The molecule has 1 aromatic rings. The zero-order valence-electron chi connectivity index (χ0n) is 8.48. The van der Waals surface area contributed by atoms with Gasteiger partial charge in [0.25, 0.3) is 0 Å². The minimum absolute atomic E-state index is 0.448. The Balaban J connectivity index is 2.64. The average Bonchev–Trinajstić information content (AvgIpc) is 2.27. The SMILES string of the molecule is N#Cc1ccccc1CS(=O)CCCN. The average molecular weight is 222 g/mol. The van der Waals surface area contributed by atoms with E-state index in [2.05, 4.69) is 6.07 Å². The molecule has 0 saturated heterocycles. The largest absolute Gasteiger partial charge is 0.330 e. The van der Waals surface area contributed by atoms with Crippen molar-refractivity contribution in [3.8, 4) is 6.07 Å². The van der Waals surface area contributed by atoms with E-state index in [0.717, 1.165) is 12.0 Å². The van der Waals surface area contributed by atoms with Gasteiger partial charge in [0.2, 0.25) is 0 Å². The van der Waals surface area contributed by atoms with Gasteiger partial charge < -0.3 is 5.73 Å². The van der Waals surface area contributed by atoms with Crippen LogP contribution in [0, 0.1) is 11.3 Å². The summed E-state index contributed by atoms with van der Waals surface area (Å²) in [5.41, 5.74) is 6.81. The van der Waals surface area contributed by atoms with E-state index in [9.17, 15) is 4.21 Å². The van der Waals surface area contributed by atoms with E-state index in [1.807, 2.05) is 18.2 Å². The number of rotatable bonds is 5. The Morgan fingerprint density at radius 3 is 2.80 bits per heavy atom. The van der Waals surface area contributed by atoms with Crippen molar-refractivity contribution >= 4 is 10.8 Å². The van der Waals surface area contributed by atoms with Crippen LogP contribution in [0.3, 0.4) is 0 Å². The van der Waals surface area contributed by atoms with E-state index in [1.54, 1.807) is 6.07 Å². The summed E-state index contributed by atoms with van der Waals surface area (Å²) in [5.74, 6) is 1.06. The first-order chi connectivity index (χ1) is 7.27. The van der Waals surface area contributed by atoms with Crippen LogP contribution in [0.5, 0.6) is 0 Å². The summed E-state index contributed by atoms with van der Waals surface area (Å²) in [6.07, 6.45) is 0.765. The van der Waals surface area contributed by atoms with Gasteiger partial charge in [-0.2, -0.15) is 5.26 Å². The highest BCUT2D eigenvalue weighted by molar-refractivity contribution is 7.84. The van der Waals surface area contributed by atoms with Crippen molar-refractivity contribution in [1.82, 2.24) is 0 Å². The van der Waals surface area contributed by atoms with E-state index in [4.69, 9.17) is 11.0 Å². The van der Waals surface area contributed by atoms with E-state index in [-0.39, 0.29) is 0 Å². The molecule has 0 spiro atoms. The fourth-order valence-electron chi connectivity index (χ4n) is 1.25. The highest BCUT2D eigenvalue weighted by atomic mass is 32.2. The van der Waals surface area contributed by atoms with Crippen LogP contribution in [-0.4, -0.2) is 16.5 Å². The van der Waals surface area contributed by atoms with Crippen LogP contribution in [-0.2, 0) is 16.6 Å². The van der Waals surface area contributed by atoms with Crippen LogP contribution in [0.1, 0.15) is 17.5 Å². The summed E-state index contributed by atoms with van der Waals surface area (Å²) in [5, 5.41) is 8.84. The molecule has 0 aromatic heterocycles. The van der Waals surface area contributed by atoms with Crippen LogP contribution in [0.4, 0.5) is 0 Å². The summed E-state index contributed by atoms with van der Waals surface area (Å²) >= 11 is 0. The van der Waals surface area contributed by atoms with E-state index < -0.39 is 10.8 Å². The summed E-state index contributed by atoms with van der Waals surface area (Å²) in [6.45, 7) is 0.561. The first kappa shape index (κ1) is 11.9. The molecule has 15 heavy (non-hydrogen) atoms. The second kappa shape index (κ2) is 6.33. The molecule has 1 rings (SSSR count). The number of nitriles is 1. The molecule has 3 nitrogen and oxygen atoms in total. The Kier molecular flexibility index (Phi) is 5.02. The first-order valence-corrected chi connectivity index (χ1v) is 6.29. The first-order valence-electron chi connectivity index (χ1n) is 4.81. The van der Waals surface area contributed by atoms with Crippen molar-refractivity contribution in [3.05, 3.63) is 35.4 Å². The zero-order chi connectivity index (χ0) is 11.1. The van der Waals surface area contributed by atoms with Gasteiger partial charge >= 0.3 is 0 Å². The summed E-state index contributed by atoms with van der Waals surface area (Å²) in [4.78, 5) is 0. The lowest BCUT2D eigenvalue weighted by molar-refractivity contribution is 0.680. The Hall–Kier alpha value is -1.18. The van der Waals surface area contributed by atoms with Gasteiger partial charge in [-0.25, -0.2) is 0 Å². The van der Waals surface area contributed by atoms with Gasteiger partial charge in [0.1, 0.15) is 0 Å².